The van der Waals surface area contributed by atoms with Gasteiger partial charge >= 0.3 is 0 Å². The van der Waals surface area contributed by atoms with Crippen LogP contribution in [0.3, 0.4) is 0 Å². The fourth-order valence-electron chi connectivity index (χ4n) is 2.98. The third kappa shape index (κ3) is 3.56. The molecule has 0 saturated carbocycles. The van der Waals surface area contributed by atoms with Gasteiger partial charge in [-0.25, -0.2) is 17.5 Å². The Bertz CT molecular complexity index is 1040. The predicted molar refractivity (Wildman–Crippen MR) is 95.6 cm³/mol. The van der Waals surface area contributed by atoms with Gasteiger partial charge in [0.25, 0.3) is 0 Å². The Hall–Kier alpha value is -2.78. The monoisotopic (exact) mass is 388 g/mol. The van der Waals surface area contributed by atoms with Gasteiger partial charge in [-0.15, -0.1) is 0 Å². The summed E-state index contributed by atoms with van der Waals surface area (Å²) in [6.45, 7) is 0.584. The van der Waals surface area contributed by atoms with Crippen molar-refractivity contribution in [1.82, 2.24) is 19.1 Å². The van der Waals surface area contributed by atoms with Crippen molar-refractivity contribution < 1.29 is 17.5 Å². The number of halogens is 1. The zero-order chi connectivity index (χ0) is 18.9. The molecular formula is C18H17FN4O3S. The number of ether oxygens (including phenoxy) is 1. The van der Waals surface area contributed by atoms with Gasteiger partial charge in [0.15, 0.2) is 0 Å². The van der Waals surface area contributed by atoms with E-state index in [2.05, 4.69) is 10.1 Å². The number of para-hydroxylation sites is 1. The second-order valence-electron chi connectivity index (χ2n) is 6.15. The molecule has 3 heterocycles. The first kappa shape index (κ1) is 17.6. The molecule has 7 nitrogen and oxygen atoms in total. The van der Waals surface area contributed by atoms with E-state index < -0.39 is 15.8 Å². The van der Waals surface area contributed by atoms with Crippen LogP contribution >= 0.6 is 0 Å². The molecule has 9 heteroatoms. The molecule has 4 rings (SSSR count). The van der Waals surface area contributed by atoms with Gasteiger partial charge in [0.2, 0.25) is 10.0 Å². The van der Waals surface area contributed by atoms with Crippen LogP contribution in [-0.4, -0.2) is 46.7 Å². The van der Waals surface area contributed by atoms with Gasteiger partial charge in [-0.3, -0.25) is 4.98 Å². The van der Waals surface area contributed by atoms with E-state index in [-0.39, 0.29) is 23.2 Å². The molecule has 0 N–H and O–H groups in total. The zero-order valence-electron chi connectivity index (χ0n) is 14.3. The molecule has 1 unspecified atom stereocenters. The summed E-state index contributed by atoms with van der Waals surface area (Å²) in [5, 5.41) is 4.00. The molecule has 0 bridgehead atoms. The highest BCUT2D eigenvalue weighted by molar-refractivity contribution is 7.89. The van der Waals surface area contributed by atoms with Crippen molar-refractivity contribution in [3.05, 3.63) is 67.0 Å². The van der Waals surface area contributed by atoms with Crippen molar-refractivity contribution in [1.29, 1.82) is 0 Å². The van der Waals surface area contributed by atoms with Gasteiger partial charge in [-0.1, -0.05) is 12.1 Å². The molecule has 2 aromatic heterocycles. The number of hydrogen-bond acceptors (Lipinski definition) is 5. The van der Waals surface area contributed by atoms with Crippen LogP contribution in [0.15, 0.2) is 66.1 Å². The summed E-state index contributed by atoms with van der Waals surface area (Å²) in [6, 6.07) is 9.60. The van der Waals surface area contributed by atoms with Gasteiger partial charge in [-0.2, -0.15) is 9.40 Å². The third-order valence-electron chi connectivity index (χ3n) is 4.34. The molecule has 1 fully saturated rings. The molecule has 0 radical (unpaired) electrons. The van der Waals surface area contributed by atoms with Gasteiger partial charge in [0.05, 0.1) is 25.1 Å². The average molecular weight is 388 g/mol. The number of benzene rings is 1. The molecule has 1 aromatic carbocycles. The lowest BCUT2D eigenvalue weighted by Gasteiger charge is -2.16. The smallest absolute Gasteiger partial charge is 0.246 e. The highest BCUT2D eigenvalue weighted by atomic mass is 32.2. The SMILES string of the molecule is O=S(=O)(c1cnn(-c2ccccc2F)c1)N1CCC(Oc2cccnc2)C1. The molecule has 27 heavy (non-hydrogen) atoms. The van der Waals surface area contributed by atoms with Gasteiger partial charge in [0.1, 0.15) is 28.3 Å². The van der Waals surface area contributed by atoms with Crippen LogP contribution in [0, 0.1) is 5.82 Å². The van der Waals surface area contributed by atoms with Crippen molar-refractivity contribution in [2.45, 2.75) is 17.4 Å². The second-order valence-corrected chi connectivity index (χ2v) is 8.09. The number of hydrogen-bond donors (Lipinski definition) is 0. The number of nitrogens with zero attached hydrogens (tertiary/aromatic N) is 4. The van der Waals surface area contributed by atoms with Crippen LogP contribution in [0.2, 0.25) is 0 Å². The summed E-state index contributed by atoms with van der Waals surface area (Å²) in [4.78, 5) is 4.00. The lowest BCUT2D eigenvalue weighted by Crippen LogP contribution is -2.30. The van der Waals surface area contributed by atoms with E-state index in [1.165, 1.54) is 33.5 Å². The Morgan fingerprint density at radius 2 is 2.00 bits per heavy atom. The van der Waals surface area contributed by atoms with Crippen LogP contribution in [0.25, 0.3) is 5.69 Å². The number of rotatable bonds is 5. The van der Waals surface area contributed by atoms with E-state index >= 15 is 0 Å². The zero-order valence-corrected chi connectivity index (χ0v) is 15.1. The van der Waals surface area contributed by atoms with Crippen molar-refractivity contribution in [2.75, 3.05) is 13.1 Å². The number of sulfonamides is 1. The van der Waals surface area contributed by atoms with Gasteiger partial charge in [-0.05, 0) is 30.7 Å². The first-order valence-corrected chi connectivity index (χ1v) is 9.84. The normalized spacial score (nSPS) is 17.9. The molecule has 140 valence electrons. The molecule has 1 aliphatic rings. The molecule has 3 aromatic rings. The van der Waals surface area contributed by atoms with E-state index in [0.717, 1.165) is 0 Å². The lowest BCUT2D eigenvalue weighted by atomic mass is 10.3. The maximum atomic E-state index is 13.9. The average Bonchev–Trinajstić information content (AvgIpc) is 3.33. The van der Waals surface area contributed by atoms with Gasteiger partial charge in [0, 0.05) is 12.7 Å². The Kier molecular flexibility index (Phi) is 4.63. The minimum Gasteiger partial charge on any atom is -0.487 e. The topological polar surface area (TPSA) is 77.3 Å². The van der Waals surface area contributed by atoms with Crippen LogP contribution in [0.4, 0.5) is 4.39 Å². The third-order valence-corrected chi connectivity index (χ3v) is 6.16. The van der Waals surface area contributed by atoms with Crippen molar-refractivity contribution >= 4 is 10.0 Å². The molecule has 1 saturated heterocycles. The second kappa shape index (κ2) is 7.09. The van der Waals surface area contributed by atoms with E-state index in [1.807, 2.05) is 0 Å². The molecule has 0 spiro atoms. The van der Waals surface area contributed by atoms with Gasteiger partial charge < -0.3 is 4.74 Å². The van der Waals surface area contributed by atoms with Crippen molar-refractivity contribution in [2.24, 2.45) is 0 Å². The first-order valence-electron chi connectivity index (χ1n) is 8.40. The number of pyridine rings is 1. The summed E-state index contributed by atoms with van der Waals surface area (Å²) in [5.41, 5.74) is 0.193. The van der Waals surface area contributed by atoms with Crippen LogP contribution in [-0.2, 0) is 10.0 Å². The Morgan fingerprint density at radius 1 is 1.15 bits per heavy atom. The Balaban J connectivity index is 1.50. The Morgan fingerprint density at radius 3 is 2.78 bits per heavy atom. The maximum absolute atomic E-state index is 13.9. The van der Waals surface area contributed by atoms with Crippen LogP contribution in [0.1, 0.15) is 6.42 Å². The highest BCUT2D eigenvalue weighted by Gasteiger charge is 2.34. The summed E-state index contributed by atoms with van der Waals surface area (Å²) in [7, 11) is -3.73. The minimum absolute atomic E-state index is 0.0211. The van der Waals surface area contributed by atoms with Crippen LogP contribution < -0.4 is 4.74 Å². The van der Waals surface area contributed by atoms with E-state index in [9.17, 15) is 12.8 Å². The summed E-state index contributed by atoms with van der Waals surface area (Å²) in [6.07, 6.45) is 6.13. The molecule has 1 aliphatic heterocycles. The van der Waals surface area contributed by atoms with Crippen molar-refractivity contribution in [3.8, 4) is 11.4 Å². The van der Waals surface area contributed by atoms with E-state index in [0.29, 0.717) is 18.7 Å². The summed E-state index contributed by atoms with van der Waals surface area (Å²) in [5.74, 6) is 0.129. The minimum atomic E-state index is -3.73. The molecule has 0 aliphatic carbocycles. The maximum Gasteiger partial charge on any atom is 0.246 e. The Labute approximate surface area is 156 Å². The first-order chi connectivity index (χ1) is 13.0. The van der Waals surface area contributed by atoms with E-state index in [4.69, 9.17) is 4.74 Å². The lowest BCUT2D eigenvalue weighted by molar-refractivity contribution is 0.214. The summed E-state index contributed by atoms with van der Waals surface area (Å²) < 4.78 is 48.0. The molecule has 0 amide bonds. The fourth-order valence-corrected chi connectivity index (χ4v) is 4.40. The number of aromatic nitrogens is 3. The van der Waals surface area contributed by atoms with Crippen molar-refractivity contribution in [3.63, 3.8) is 0 Å². The quantitative estimate of drug-likeness (QED) is 0.670. The largest absolute Gasteiger partial charge is 0.487 e. The molecule has 1 atom stereocenters. The summed E-state index contributed by atoms with van der Waals surface area (Å²) >= 11 is 0. The van der Waals surface area contributed by atoms with E-state index in [1.54, 1.807) is 36.7 Å². The predicted octanol–water partition coefficient (Wildman–Crippen LogP) is 2.25. The van der Waals surface area contributed by atoms with Crippen LogP contribution in [0.5, 0.6) is 5.75 Å². The standard InChI is InChI=1S/C18H17FN4O3S/c19-17-5-1-2-6-18(17)23-13-16(11-21-23)27(24,25)22-9-7-15(12-22)26-14-4-3-8-20-10-14/h1-6,8,10-11,13,15H,7,9,12H2. The fraction of sp³-hybridized carbons (Fsp3) is 0.222. The molecular weight excluding hydrogens is 371 g/mol. The highest BCUT2D eigenvalue weighted by Crippen LogP contribution is 2.24.